The van der Waals surface area contributed by atoms with Gasteiger partial charge in [0.15, 0.2) is 0 Å². The summed E-state index contributed by atoms with van der Waals surface area (Å²) in [5, 5.41) is 11.1. The molecule has 1 N–H and O–H groups in total. The standard InChI is InChI=1S/C33H37ClN2O6/c1-5-7-18-41-31(40)27-26-29(38)36(25(20-37)22-13-9-8-10-14-22)28(33(26)19-21(3)32(27,4)42-33)30(39)35(17-6-2)24-16-12-11-15-23(24)34/h5-6,8-16,21,25-28,37H,1-2,7,17-20H2,3-4H3/t21?,25-,26+,27-,28?,32+,33?/m1/s1. The maximum Gasteiger partial charge on any atom is 0.312 e. The van der Waals surface area contributed by atoms with Gasteiger partial charge in [0, 0.05) is 6.54 Å². The number of ether oxygens (including phenoxy) is 2. The molecule has 2 aromatic rings. The van der Waals surface area contributed by atoms with Gasteiger partial charge in [-0.2, -0.15) is 0 Å². The topological polar surface area (TPSA) is 96.4 Å². The van der Waals surface area contributed by atoms with Gasteiger partial charge < -0.3 is 24.4 Å². The van der Waals surface area contributed by atoms with Crippen LogP contribution in [0.1, 0.15) is 38.3 Å². The number of benzene rings is 2. The molecule has 2 aromatic carbocycles. The van der Waals surface area contributed by atoms with Crippen LogP contribution in [0.15, 0.2) is 79.9 Å². The second-order valence-corrected chi connectivity index (χ2v) is 11.9. The first-order valence-corrected chi connectivity index (χ1v) is 14.7. The maximum atomic E-state index is 14.9. The van der Waals surface area contributed by atoms with E-state index in [4.69, 9.17) is 21.1 Å². The molecule has 3 saturated heterocycles. The highest BCUT2D eigenvalue weighted by atomic mass is 35.5. The van der Waals surface area contributed by atoms with Gasteiger partial charge in [0.2, 0.25) is 5.91 Å². The predicted molar refractivity (Wildman–Crippen MR) is 160 cm³/mol. The molecule has 9 heteroatoms. The van der Waals surface area contributed by atoms with E-state index in [-0.39, 0.29) is 19.1 Å². The first kappa shape index (κ1) is 30.0. The minimum Gasteiger partial charge on any atom is -0.465 e. The number of hydrogen-bond acceptors (Lipinski definition) is 6. The zero-order valence-corrected chi connectivity index (χ0v) is 24.7. The fourth-order valence-corrected chi connectivity index (χ4v) is 7.50. The van der Waals surface area contributed by atoms with Crippen molar-refractivity contribution in [2.75, 3.05) is 24.7 Å². The highest BCUT2D eigenvalue weighted by Crippen LogP contribution is 2.66. The quantitative estimate of drug-likeness (QED) is 0.230. The Morgan fingerprint density at radius 3 is 2.52 bits per heavy atom. The Morgan fingerprint density at radius 2 is 1.88 bits per heavy atom. The molecule has 0 aliphatic carbocycles. The van der Waals surface area contributed by atoms with Gasteiger partial charge in [-0.15, -0.1) is 13.2 Å². The molecule has 2 bridgehead atoms. The van der Waals surface area contributed by atoms with E-state index in [0.29, 0.717) is 29.1 Å². The highest BCUT2D eigenvalue weighted by molar-refractivity contribution is 6.34. The minimum atomic E-state index is -1.33. The van der Waals surface area contributed by atoms with Crippen LogP contribution < -0.4 is 4.90 Å². The molecule has 5 rings (SSSR count). The minimum absolute atomic E-state index is 0.122. The summed E-state index contributed by atoms with van der Waals surface area (Å²) in [5.74, 6) is -3.44. The maximum absolute atomic E-state index is 14.9. The van der Waals surface area contributed by atoms with Crippen LogP contribution in [-0.2, 0) is 23.9 Å². The van der Waals surface area contributed by atoms with Crippen LogP contribution in [0.25, 0.3) is 0 Å². The lowest BCUT2D eigenvalue weighted by atomic mass is 9.62. The van der Waals surface area contributed by atoms with Crippen molar-refractivity contribution in [3.63, 3.8) is 0 Å². The SMILES string of the molecule is C=CCCOC(=O)[C@H]1[C@H]2C(=O)N([C@H](CO)c3ccccc3)C(C(=O)N(CC=C)c3ccccc3Cl)C23CC(C)[C@]1(C)O3. The van der Waals surface area contributed by atoms with E-state index in [2.05, 4.69) is 13.2 Å². The number of anilines is 1. The average molecular weight is 593 g/mol. The molecule has 0 saturated carbocycles. The molecule has 8 nitrogen and oxygen atoms in total. The fraction of sp³-hybridized carbons (Fsp3) is 0.424. The van der Waals surface area contributed by atoms with Crippen molar-refractivity contribution in [3.8, 4) is 0 Å². The molecule has 7 atom stereocenters. The number of hydrogen-bond donors (Lipinski definition) is 1. The molecule has 3 heterocycles. The summed E-state index contributed by atoms with van der Waals surface area (Å²) in [7, 11) is 0. The predicted octanol–water partition coefficient (Wildman–Crippen LogP) is 4.72. The number of rotatable bonds is 11. The van der Waals surface area contributed by atoms with Crippen molar-refractivity contribution in [2.24, 2.45) is 17.8 Å². The van der Waals surface area contributed by atoms with Gasteiger partial charge >= 0.3 is 5.97 Å². The van der Waals surface area contributed by atoms with E-state index < -0.39 is 59.5 Å². The van der Waals surface area contributed by atoms with Gasteiger partial charge in [0.1, 0.15) is 17.6 Å². The van der Waals surface area contributed by atoms with Crippen LogP contribution in [-0.4, -0.2) is 64.8 Å². The summed E-state index contributed by atoms with van der Waals surface area (Å²) in [6, 6.07) is 14.0. The summed E-state index contributed by atoms with van der Waals surface area (Å²) in [4.78, 5) is 46.1. The monoisotopic (exact) mass is 592 g/mol. The average Bonchev–Trinajstić information content (AvgIpc) is 3.50. The first-order chi connectivity index (χ1) is 20.2. The van der Waals surface area contributed by atoms with Crippen molar-refractivity contribution < 1.29 is 29.0 Å². The number of esters is 1. The molecule has 42 heavy (non-hydrogen) atoms. The van der Waals surface area contributed by atoms with Crippen LogP contribution in [0.3, 0.4) is 0 Å². The van der Waals surface area contributed by atoms with E-state index in [1.54, 1.807) is 48.6 Å². The van der Waals surface area contributed by atoms with Crippen molar-refractivity contribution in [1.29, 1.82) is 0 Å². The molecule has 3 unspecified atom stereocenters. The van der Waals surface area contributed by atoms with Crippen LogP contribution in [0.4, 0.5) is 5.69 Å². The zero-order valence-electron chi connectivity index (χ0n) is 23.9. The van der Waals surface area contributed by atoms with Crippen molar-refractivity contribution >= 4 is 35.1 Å². The number of nitrogens with zero attached hydrogens (tertiary/aromatic N) is 2. The van der Waals surface area contributed by atoms with Gasteiger partial charge in [0.05, 0.1) is 41.5 Å². The molecule has 2 amide bonds. The third-order valence-electron chi connectivity index (χ3n) is 9.22. The summed E-state index contributed by atoms with van der Waals surface area (Å²) in [6.45, 7) is 11.2. The van der Waals surface area contributed by atoms with E-state index in [1.165, 1.54) is 9.80 Å². The Hall–Kier alpha value is -3.46. The molecule has 0 aromatic heterocycles. The number of carbonyl (C=O) groups excluding carboxylic acids is 3. The molecule has 222 valence electrons. The van der Waals surface area contributed by atoms with Crippen LogP contribution in [0.2, 0.25) is 5.02 Å². The smallest absolute Gasteiger partial charge is 0.312 e. The Kier molecular flexibility index (Phi) is 8.34. The number of para-hydroxylation sites is 1. The molecule has 3 fully saturated rings. The van der Waals surface area contributed by atoms with Gasteiger partial charge in [-0.3, -0.25) is 14.4 Å². The summed E-state index contributed by atoms with van der Waals surface area (Å²) < 4.78 is 12.4. The third kappa shape index (κ3) is 4.57. The molecule has 0 radical (unpaired) electrons. The number of aliphatic hydroxyl groups excluding tert-OH is 1. The van der Waals surface area contributed by atoms with E-state index in [0.717, 1.165) is 0 Å². The number of aliphatic hydroxyl groups is 1. The van der Waals surface area contributed by atoms with Crippen LogP contribution in [0.5, 0.6) is 0 Å². The molecule has 3 aliphatic heterocycles. The molecule has 1 spiro atoms. The number of carbonyl (C=O) groups is 3. The number of halogens is 1. The van der Waals surface area contributed by atoms with E-state index >= 15 is 0 Å². The van der Waals surface area contributed by atoms with Gasteiger partial charge in [-0.25, -0.2) is 0 Å². The largest absolute Gasteiger partial charge is 0.465 e. The van der Waals surface area contributed by atoms with Crippen molar-refractivity contribution in [3.05, 3.63) is 90.5 Å². The van der Waals surface area contributed by atoms with Crippen LogP contribution >= 0.6 is 11.6 Å². The normalized spacial score (nSPS) is 30.1. The molecular weight excluding hydrogens is 556 g/mol. The van der Waals surface area contributed by atoms with E-state index in [1.807, 2.05) is 32.0 Å². The second-order valence-electron chi connectivity index (χ2n) is 11.5. The van der Waals surface area contributed by atoms with Crippen molar-refractivity contribution in [1.82, 2.24) is 4.90 Å². The number of amides is 2. The molecule has 3 aliphatic rings. The lowest BCUT2D eigenvalue weighted by molar-refractivity contribution is -0.162. The second kappa shape index (κ2) is 11.7. The Labute approximate surface area is 251 Å². The molecular formula is C33H37ClN2O6. The van der Waals surface area contributed by atoms with Gasteiger partial charge in [-0.05, 0) is 43.4 Å². The van der Waals surface area contributed by atoms with E-state index in [9.17, 15) is 19.5 Å². The lowest BCUT2D eigenvalue weighted by Gasteiger charge is -2.39. The number of fused-ring (bicyclic) bond motifs is 1. The first-order valence-electron chi connectivity index (χ1n) is 14.3. The fourth-order valence-electron chi connectivity index (χ4n) is 7.27. The van der Waals surface area contributed by atoms with Gasteiger partial charge in [0.25, 0.3) is 5.91 Å². The zero-order chi connectivity index (χ0) is 30.2. The Morgan fingerprint density at radius 1 is 1.19 bits per heavy atom. The van der Waals surface area contributed by atoms with Crippen molar-refractivity contribution in [2.45, 2.75) is 50.0 Å². The lowest BCUT2D eigenvalue weighted by Crippen LogP contribution is -2.57. The third-order valence-corrected chi connectivity index (χ3v) is 9.54. The number of likely N-dealkylation sites (tertiary alicyclic amines) is 1. The summed E-state index contributed by atoms with van der Waals surface area (Å²) >= 11 is 6.57. The Balaban J connectivity index is 1.67. The highest BCUT2D eigenvalue weighted by Gasteiger charge is 2.81. The summed E-state index contributed by atoms with van der Waals surface area (Å²) in [5.41, 5.74) is -1.23. The Bertz CT molecular complexity index is 1380. The van der Waals surface area contributed by atoms with Gasteiger partial charge in [-0.1, -0.05) is 73.1 Å². The summed E-state index contributed by atoms with van der Waals surface area (Å²) in [6.07, 6.45) is 4.09. The van der Waals surface area contributed by atoms with Crippen LogP contribution in [0, 0.1) is 17.8 Å².